The standard InChI is InChI=1S/C15H11IO4/c16-13-3-1-2-9(7-13)4-10-5-11(14(17)18)8-12(6-10)15(19)20/h1-3,5-8H,4H2,(H,17,18)(H,19,20). The largest absolute Gasteiger partial charge is 0.478 e. The first-order valence-corrected chi connectivity index (χ1v) is 6.88. The number of hydrogen-bond acceptors (Lipinski definition) is 2. The summed E-state index contributed by atoms with van der Waals surface area (Å²) in [4.78, 5) is 22.1. The Balaban J connectivity index is 2.40. The van der Waals surface area contributed by atoms with Gasteiger partial charge in [0, 0.05) is 3.57 Å². The smallest absolute Gasteiger partial charge is 0.335 e. The molecule has 0 saturated carbocycles. The first-order valence-electron chi connectivity index (χ1n) is 5.80. The van der Waals surface area contributed by atoms with Crippen molar-refractivity contribution in [3.63, 3.8) is 0 Å². The van der Waals surface area contributed by atoms with Gasteiger partial charge in [-0.25, -0.2) is 9.59 Å². The Labute approximate surface area is 129 Å². The van der Waals surface area contributed by atoms with Crippen molar-refractivity contribution in [2.24, 2.45) is 0 Å². The summed E-state index contributed by atoms with van der Waals surface area (Å²) >= 11 is 2.19. The van der Waals surface area contributed by atoms with Gasteiger partial charge in [0.1, 0.15) is 0 Å². The second-order valence-electron chi connectivity index (χ2n) is 4.34. The number of rotatable bonds is 4. The third-order valence-corrected chi connectivity index (χ3v) is 3.45. The first-order chi connectivity index (χ1) is 9.45. The second-order valence-corrected chi connectivity index (χ2v) is 5.58. The van der Waals surface area contributed by atoms with Crippen LogP contribution in [0.3, 0.4) is 0 Å². The van der Waals surface area contributed by atoms with Crippen molar-refractivity contribution in [2.45, 2.75) is 6.42 Å². The topological polar surface area (TPSA) is 74.6 Å². The van der Waals surface area contributed by atoms with Crippen LogP contribution in [0.15, 0.2) is 42.5 Å². The minimum absolute atomic E-state index is 0.00877. The third-order valence-electron chi connectivity index (χ3n) is 2.78. The summed E-state index contributed by atoms with van der Waals surface area (Å²) in [5.41, 5.74) is 1.66. The molecule has 0 atom stereocenters. The van der Waals surface area contributed by atoms with E-state index in [2.05, 4.69) is 22.6 Å². The van der Waals surface area contributed by atoms with E-state index in [1.807, 2.05) is 24.3 Å². The molecule has 0 radical (unpaired) electrons. The van der Waals surface area contributed by atoms with Gasteiger partial charge in [0.25, 0.3) is 0 Å². The predicted molar refractivity (Wildman–Crippen MR) is 82.3 cm³/mol. The zero-order chi connectivity index (χ0) is 14.7. The summed E-state index contributed by atoms with van der Waals surface area (Å²) in [6.07, 6.45) is 0.498. The average molecular weight is 382 g/mol. The van der Waals surface area contributed by atoms with Crippen molar-refractivity contribution in [1.29, 1.82) is 0 Å². The molecular weight excluding hydrogens is 371 g/mol. The Bertz CT molecular complexity index is 647. The molecule has 0 heterocycles. The Kier molecular flexibility index (Phi) is 4.39. The lowest BCUT2D eigenvalue weighted by Gasteiger charge is -2.06. The molecule has 0 saturated heterocycles. The molecule has 0 unspecified atom stereocenters. The van der Waals surface area contributed by atoms with E-state index in [0.29, 0.717) is 12.0 Å². The van der Waals surface area contributed by atoms with Gasteiger partial charge in [-0.2, -0.15) is 0 Å². The normalized spacial score (nSPS) is 10.2. The van der Waals surface area contributed by atoms with E-state index in [0.717, 1.165) is 9.13 Å². The van der Waals surface area contributed by atoms with Gasteiger partial charge in [0.15, 0.2) is 0 Å². The average Bonchev–Trinajstić information content (AvgIpc) is 2.38. The highest BCUT2D eigenvalue weighted by atomic mass is 127. The van der Waals surface area contributed by atoms with E-state index in [4.69, 9.17) is 10.2 Å². The van der Waals surface area contributed by atoms with Crippen molar-refractivity contribution in [1.82, 2.24) is 0 Å². The fourth-order valence-corrected chi connectivity index (χ4v) is 2.53. The van der Waals surface area contributed by atoms with Crippen molar-refractivity contribution in [3.8, 4) is 0 Å². The Morgan fingerprint density at radius 3 is 2.00 bits per heavy atom. The van der Waals surface area contributed by atoms with Crippen LogP contribution in [0.25, 0.3) is 0 Å². The fourth-order valence-electron chi connectivity index (χ4n) is 1.92. The molecule has 5 heteroatoms. The lowest BCUT2D eigenvalue weighted by molar-refractivity contribution is 0.0696. The maximum atomic E-state index is 11.0. The SMILES string of the molecule is O=C(O)c1cc(Cc2cccc(I)c2)cc(C(=O)O)c1. The summed E-state index contributed by atoms with van der Waals surface area (Å²) in [5.74, 6) is -2.26. The van der Waals surface area contributed by atoms with Gasteiger partial charge in [-0.1, -0.05) is 12.1 Å². The zero-order valence-corrected chi connectivity index (χ0v) is 12.5. The van der Waals surface area contributed by atoms with Crippen LogP contribution in [0.2, 0.25) is 0 Å². The summed E-state index contributed by atoms with van der Waals surface area (Å²) in [7, 11) is 0. The van der Waals surface area contributed by atoms with E-state index in [9.17, 15) is 9.59 Å². The van der Waals surface area contributed by atoms with Gasteiger partial charge in [0.2, 0.25) is 0 Å². The monoisotopic (exact) mass is 382 g/mol. The maximum absolute atomic E-state index is 11.0. The highest BCUT2D eigenvalue weighted by Gasteiger charge is 2.11. The van der Waals surface area contributed by atoms with E-state index in [-0.39, 0.29) is 11.1 Å². The van der Waals surface area contributed by atoms with Crippen LogP contribution in [-0.2, 0) is 6.42 Å². The molecule has 0 fully saturated rings. The number of carboxylic acids is 2. The molecule has 20 heavy (non-hydrogen) atoms. The number of carboxylic acid groups (broad SMARTS) is 2. The molecule has 0 aromatic heterocycles. The molecule has 0 amide bonds. The molecule has 4 nitrogen and oxygen atoms in total. The van der Waals surface area contributed by atoms with E-state index in [1.54, 1.807) is 0 Å². The molecule has 2 aromatic carbocycles. The molecule has 2 N–H and O–H groups in total. The van der Waals surface area contributed by atoms with Crippen molar-refractivity contribution in [3.05, 3.63) is 68.3 Å². The van der Waals surface area contributed by atoms with Crippen molar-refractivity contribution in [2.75, 3.05) is 0 Å². The molecule has 102 valence electrons. The third kappa shape index (κ3) is 3.57. The highest BCUT2D eigenvalue weighted by molar-refractivity contribution is 14.1. The molecule has 0 aliphatic rings. The van der Waals surface area contributed by atoms with Crippen LogP contribution >= 0.6 is 22.6 Å². The molecule has 0 aliphatic heterocycles. The van der Waals surface area contributed by atoms with Gasteiger partial charge in [-0.3, -0.25) is 0 Å². The van der Waals surface area contributed by atoms with E-state index >= 15 is 0 Å². The minimum Gasteiger partial charge on any atom is -0.478 e. The van der Waals surface area contributed by atoms with Crippen molar-refractivity contribution >= 4 is 34.5 Å². The number of aromatic carboxylic acids is 2. The van der Waals surface area contributed by atoms with Crippen LogP contribution in [0, 0.1) is 3.57 Å². The molecule has 2 aromatic rings. The van der Waals surface area contributed by atoms with Crippen LogP contribution in [-0.4, -0.2) is 22.2 Å². The lowest BCUT2D eigenvalue weighted by atomic mass is 10.00. The Morgan fingerprint density at radius 2 is 1.50 bits per heavy atom. The first kappa shape index (κ1) is 14.5. The predicted octanol–water partition coefficient (Wildman–Crippen LogP) is 3.28. The van der Waals surface area contributed by atoms with Gasteiger partial charge >= 0.3 is 11.9 Å². The maximum Gasteiger partial charge on any atom is 0.335 e. The van der Waals surface area contributed by atoms with Gasteiger partial charge in [0.05, 0.1) is 11.1 Å². The van der Waals surface area contributed by atoms with Gasteiger partial charge < -0.3 is 10.2 Å². The number of halogens is 1. The van der Waals surface area contributed by atoms with E-state index < -0.39 is 11.9 Å². The molecule has 0 spiro atoms. The molecule has 0 aliphatic carbocycles. The quantitative estimate of drug-likeness (QED) is 0.797. The zero-order valence-electron chi connectivity index (χ0n) is 10.3. The lowest BCUT2D eigenvalue weighted by Crippen LogP contribution is -2.04. The molecule has 0 bridgehead atoms. The second kappa shape index (κ2) is 6.04. The fraction of sp³-hybridized carbons (Fsp3) is 0.0667. The highest BCUT2D eigenvalue weighted by Crippen LogP contribution is 2.16. The summed E-state index contributed by atoms with van der Waals surface area (Å²) in [5, 5.41) is 18.1. The van der Waals surface area contributed by atoms with Crippen LogP contribution in [0.5, 0.6) is 0 Å². The van der Waals surface area contributed by atoms with Crippen LogP contribution in [0.4, 0.5) is 0 Å². The van der Waals surface area contributed by atoms with Crippen LogP contribution < -0.4 is 0 Å². The van der Waals surface area contributed by atoms with Crippen LogP contribution in [0.1, 0.15) is 31.8 Å². The Hall–Kier alpha value is -1.89. The molecule has 2 rings (SSSR count). The van der Waals surface area contributed by atoms with E-state index in [1.165, 1.54) is 18.2 Å². The van der Waals surface area contributed by atoms with Crippen molar-refractivity contribution < 1.29 is 19.8 Å². The van der Waals surface area contributed by atoms with Gasteiger partial charge in [-0.05, 0) is 70.5 Å². The summed E-state index contributed by atoms with van der Waals surface area (Å²) < 4.78 is 1.08. The minimum atomic E-state index is -1.13. The summed E-state index contributed by atoms with van der Waals surface area (Å²) in [6.45, 7) is 0. The number of hydrogen-bond donors (Lipinski definition) is 2. The van der Waals surface area contributed by atoms with Gasteiger partial charge in [-0.15, -0.1) is 0 Å². The summed E-state index contributed by atoms with van der Waals surface area (Å²) in [6, 6.07) is 12.0. The molecular formula is C15H11IO4. The number of benzene rings is 2. The Morgan fingerprint density at radius 1 is 0.900 bits per heavy atom. The number of carbonyl (C=O) groups is 2.